The van der Waals surface area contributed by atoms with Gasteiger partial charge in [-0.05, 0) is 0 Å². The van der Waals surface area contributed by atoms with Crippen molar-refractivity contribution >= 4 is 12.1 Å². The van der Waals surface area contributed by atoms with E-state index in [-0.39, 0.29) is 5.91 Å². The van der Waals surface area contributed by atoms with Crippen LogP contribution in [0.1, 0.15) is 18.9 Å². The van der Waals surface area contributed by atoms with E-state index in [1.165, 1.54) is 6.92 Å². The van der Waals surface area contributed by atoms with Gasteiger partial charge in [0.2, 0.25) is 5.91 Å². The predicted molar refractivity (Wildman–Crippen MR) is 56.0 cm³/mol. The van der Waals surface area contributed by atoms with Gasteiger partial charge in [-0.1, -0.05) is 30.3 Å². The molecule has 0 aliphatic carbocycles. The first kappa shape index (κ1) is 9.86. The second-order valence-corrected chi connectivity index (χ2v) is 3.52. The van der Waals surface area contributed by atoms with E-state index in [0.29, 0.717) is 12.0 Å². The topological polar surface area (TPSA) is 52.9 Å². The van der Waals surface area contributed by atoms with Gasteiger partial charge in [0.25, 0.3) is 0 Å². The SMILES string of the molecule is CC(=O)N1N=CCC1(O)c1ccccc1. The van der Waals surface area contributed by atoms with Gasteiger partial charge in [-0.15, -0.1) is 0 Å². The summed E-state index contributed by atoms with van der Waals surface area (Å²) in [4.78, 5) is 11.3. The number of aliphatic hydroxyl groups is 1. The van der Waals surface area contributed by atoms with Gasteiger partial charge in [-0.2, -0.15) is 10.1 Å². The summed E-state index contributed by atoms with van der Waals surface area (Å²) < 4.78 is 0. The Morgan fingerprint density at radius 3 is 2.73 bits per heavy atom. The zero-order valence-electron chi connectivity index (χ0n) is 8.42. The molecule has 0 spiro atoms. The zero-order valence-corrected chi connectivity index (χ0v) is 8.42. The summed E-state index contributed by atoms with van der Waals surface area (Å²) in [5.74, 6) is -0.268. The van der Waals surface area contributed by atoms with E-state index >= 15 is 0 Å². The highest BCUT2D eigenvalue weighted by Gasteiger charge is 2.40. The number of rotatable bonds is 1. The van der Waals surface area contributed by atoms with Crippen molar-refractivity contribution in [1.29, 1.82) is 0 Å². The molecule has 1 aromatic carbocycles. The van der Waals surface area contributed by atoms with Gasteiger partial charge in [0.1, 0.15) is 0 Å². The Labute approximate surface area is 87.8 Å². The minimum absolute atomic E-state index is 0.268. The second-order valence-electron chi connectivity index (χ2n) is 3.52. The molecule has 1 N–H and O–H groups in total. The lowest BCUT2D eigenvalue weighted by atomic mass is 10.0. The highest BCUT2D eigenvalue weighted by atomic mass is 16.3. The summed E-state index contributed by atoms with van der Waals surface area (Å²) in [6, 6.07) is 9.07. The first-order chi connectivity index (χ1) is 7.14. The van der Waals surface area contributed by atoms with Crippen LogP contribution < -0.4 is 0 Å². The van der Waals surface area contributed by atoms with Crippen molar-refractivity contribution in [2.24, 2.45) is 5.10 Å². The third-order valence-electron chi connectivity index (χ3n) is 2.46. The Morgan fingerprint density at radius 1 is 1.47 bits per heavy atom. The lowest BCUT2D eigenvalue weighted by Crippen LogP contribution is -2.42. The minimum Gasteiger partial charge on any atom is -0.365 e. The van der Waals surface area contributed by atoms with Crippen LogP contribution in [0.5, 0.6) is 0 Å². The van der Waals surface area contributed by atoms with Crippen LogP contribution in [0, 0.1) is 0 Å². The van der Waals surface area contributed by atoms with E-state index in [0.717, 1.165) is 5.01 Å². The molecule has 1 aromatic rings. The number of benzene rings is 1. The predicted octanol–water partition coefficient (Wildman–Crippen LogP) is 1.07. The van der Waals surface area contributed by atoms with Crippen LogP contribution in [-0.4, -0.2) is 22.2 Å². The van der Waals surface area contributed by atoms with Gasteiger partial charge in [0.15, 0.2) is 5.72 Å². The van der Waals surface area contributed by atoms with Crippen LogP contribution >= 0.6 is 0 Å². The smallest absolute Gasteiger partial charge is 0.242 e. The molecule has 1 aliphatic heterocycles. The first-order valence-electron chi connectivity index (χ1n) is 4.76. The fourth-order valence-corrected chi connectivity index (χ4v) is 1.72. The molecule has 1 atom stereocenters. The molecule has 1 amide bonds. The highest BCUT2D eigenvalue weighted by molar-refractivity contribution is 5.78. The van der Waals surface area contributed by atoms with Crippen molar-refractivity contribution in [3.8, 4) is 0 Å². The van der Waals surface area contributed by atoms with Crippen molar-refractivity contribution in [2.45, 2.75) is 19.1 Å². The second kappa shape index (κ2) is 3.47. The van der Waals surface area contributed by atoms with Crippen LogP contribution in [-0.2, 0) is 10.5 Å². The Bertz CT molecular complexity index is 402. The van der Waals surface area contributed by atoms with Gasteiger partial charge in [-0.25, -0.2) is 0 Å². The Hall–Kier alpha value is -1.68. The average molecular weight is 204 g/mol. The molecule has 0 aromatic heterocycles. The number of nitrogens with zero attached hydrogens (tertiary/aromatic N) is 2. The lowest BCUT2D eigenvalue weighted by Gasteiger charge is -2.30. The van der Waals surface area contributed by atoms with Crippen LogP contribution in [0.4, 0.5) is 0 Å². The lowest BCUT2D eigenvalue weighted by molar-refractivity contribution is -0.155. The molecule has 1 unspecified atom stereocenters. The third kappa shape index (κ3) is 1.53. The van der Waals surface area contributed by atoms with Crippen molar-refractivity contribution < 1.29 is 9.90 Å². The number of hydrogen-bond acceptors (Lipinski definition) is 3. The monoisotopic (exact) mass is 204 g/mol. The summed E-state index contributed by atoms with van der Waals surface area (Å²) in [6.07, 6.45) is 1.88. The maximum absolute atomic E-state index is 11.3. The molecule has 0 radical (unpaired) electrons. The zero-order chi connectivity index (χ0) is 10.9. The fourth-order valence-electron chi connectivity index (χ4n) is 1.72. The first-order valence-corrected chi connectivity index (χ1v) is 4.76. The van der Waals surface area contributed by atoms with Gasteiger partial charge < -0.3 is 5.11 Å². The maximum atomic E-state index is 11.3. The number of carbonyl (C=O) groups excluding carboxylic acids is 1. The number of amides is 1. The maximum Gasteiger partial charge on any atom is 0.242 e. The Balaban J connectivity index is 2.39. The average Bonchev–Trinajstić information content (AvgIpc) is 2.63. The highest BCUT2D eigenvalue weighted by Crippen LogP contribution is 2.32. The van der Waals surface area contributed by atoms with E-state index in [1.54, 1.807) is 18.3 Å². The van der Waals surface area contributed by atoms with Gasteiger partial charge in [0, 0.05) is 25.1 Å². The van der Waals surface area contributed by atoms with Crippen LogP contribution in [0.25, 0.3) is 0 Å². The summed E-state index contributed by atoms with van der Waals surface area (Å²) in [6.45, 7) is 1.39. The number of carbonyl (C=O) groups is 1. The molecule has 0 saturated heterocycles. The number of hydrogen-bond donors (Lipinski definition) is 1. The molecule has 4 heteroatoms. The van der Waals surface area contributed by atoms with E-state index in [4.69, 9.17) is 0 Å². The van der Waals surface area contributed by atoms with Crippen LogP contribution in [0.15, 0.2) is 35.4 Å². The summed E-state index contributed by atoms with van der Waals surface area (Å²) in [5.41, 5.74) is -0.634. The van der Waals surface area contributed by atoms with Gasteiger partial charge >= 0.3 is 0 Å². The standard InChI is InChI=1S/C11H12N2O2/c1-9(14)13-11(15,7-8-12-13)10-5-3-2-4-6-10/h2-6,8,15H,7H2,1H3. The molecule has 1 aliphatic rings. The minimum atomic E-state index is -1.31. The molecular weight excluding hydrogens is 192 g/mol. The molecule has 1 heterocycles. The van der Waals surface area contributed by atoms with Gasteiger partial charge in [-0.3, -0.25) is 4.79 Å². The molecule has 78 valence electrons. The number of hydrazone groups is 1. The molecule has 4 nitrogen and oxygen atoms in total. The summed E-state index contributed by atoms with van der Waals surface area (Å²) in [7, 11) is 0. The van der Waals surface area contributed by atoms with Crippen molar-refractivity contribution in [1.82, 2.24) is 5.01 Å². The van der Waals surface area contributed by atoms with Crippen LogP contribution in [0.2, 0.25) is 0 Å². The Kier molecular flexibility index (Phi) is 2.28. The van der Waals surface area contributed by atoms with Crippen molar-refractivity contribution in [3.05, 3.63) is 35.9 Å². The van der Waals surface area contributed by atoms with E-state index in [9.17, 15) is 9.90 Å². The van der Waals surface area contributed by atoms with E-state index < -0.39 is 5.72 Å². The molecule has 2 rings (SSSR count). The molecule has 15 heavy (non-hydrogen) atoms. The molecular formula is C11H12N2O2. The van der Waals surface area contributed by atoms with E-state index in [2.05, 4.69) is 5.10 Å². The van der Waals surface area contributed by atoms with Crippen molar-refractivity contribution in [3.63, 3.8) is 0 Å². The molecule has 0 bridgehead atoms. The largest absolute Gasteiger partial charge is 0.365 e. The summed E-state index contributed by atoms with van der Waals surface area (Å²) in [5, 5.41) is 15.4. The van der Waals surface area contributed by atoms with Crippen LogP contribution in [0.3, 0.4) is 0 Å². The molecule has 0 fully saturated rings. The third-order valence-corrected chi connectivity index (χ3v) is 2.46. The summed E-state index contributed by atoms with van der Waals surface area (Å²) >= 11 is 0. The van der Waals surface area contributed by atoms with Crippen molar-refractivity contribution in [2.75, 3.05) is 0 Å². The normalized spacial score (nSPS) is 24.5. The fraction of sp³-hybridized carbons (Fsp3) is 0.273. The van der Waals surface area contributed by atoms with E-state index in [1.807, 2.05) is 18.2 Å². The Morgan fingerprint density at radius 2 is 2.13 bits per heavy atom. The van der Waals surface area contributed by atoms with Gasteiger partial charge in [0.05, 0.1) is 0 Å². The molecule has 0 saturated carbocycles. The quantitative estimate of drug-likeness (QED) is 0.744.